The van der Waals surface area contributed by atoms with E-state index in [-0.39, 0.29) is 24.1 Å². The van der Waals surface area contributed by atoms with Crippen molar-refractivity contribution in [2.45, 2.75) is 19.0 Å². The summed E-state index contributed by atoms with van der Waals surface area (Å²) in [4.78, 5) is 33.8. The number of benzene rings is 3. The van der Waals surface area contributed by atoms with Crippen molar-refractivity contribution < 1.29 is 22.8 Å². The average Bonchev–Trinajstić information content (AvgIpc) is 3.28. The van der Waals surface area contributed by atoms with Gasteiger partial charge in [-0.05, 0) is 60.0 Å². The molecule has 0 aliphatic rings. The highest BCUT2D eigenvalue weighted by Gasteiger charge is 2.23. The number of rotatable bonds is 8. The molecule has 5 rings (SSSR count). The van der Waals surface area contributed by atoms with Gasteiger partial charge >= 0.3 is 0 Å². The molecule has 2 aromatic heterocycles. The van der Waals surface area contributed by atoms with Crippen LogP contribution < -0.4 is 11.1 Å². The Bertz CT molecular complexity index is 1790. The molecule has 12 heteroatoms. The van der Waals surface area contributed by atoms with E-state index in [1.807, 2.05) is 0 Å². The zero-order chi connectivity index (χ0) is 29.3. The van der Waals surface area contributed by atoms with Gasteiger partial charge in [0.2, 0.25) is 5.91 Å². The van der Waals surface area contributed by atoms with Gasteiger partial charge in [0.1, 0.15) is 24.0 Å². The first kappa shape index (κ1) is 28.1. The van der Waals surface area contributed by atoms with Crippen molar-refractivity contribution in [3.05, 3.63) is 118 Å². The van der Waals surface area contributed by atoms with Crippen LogP contribution >= 0.6 is 23.2 Å². The number of primary amides is 1. The summed E-state index contributed by atoms with van der Waals surface area (Å²) in [6.45, 7) is -0.174. The first-order valence-corrected chi connectivity index (χ1v) is 12.9. The summed E-state index contributed by atoms with van der Waals surface area (Å²) < 4.78 is 43.9. The third-order valence-electron chi connectivity index (χ3n) is 6.39. The monoisotopic (exact) mass is 597 g/mol. The maximum absolute atomic E-state index is 14.2. The SMILES string of the molecule is NC(=O)c1cc(-c2cccnc2C(Cc2cc(F)cc(F)c2)NC(=O)Cn2cnc3cc(Cl)c(Cl)cc32)ccc1F. The number of fused-ring (bicyclic) bond motifs is 1. The molecule has 208 valence electrons. The molecule has 0 radical (unpaired) electrons. The van der Waals surface area contributed by atoms with E-state index in [9.17, 15) is 22.8 Å². The number of imidazole rings is 1. The van der Waals surface area contributed by atoms with E-state index in [2.05, 4.69) is 15.3 Å². The predicted octanol–water partition coefficient (Wildman–Crippen LogP) is 6.02. The highest BCUT2D eigenvalue weighted by molar-refractivity contribution is 6.42. The van der Waals surface area contributed by atoms with Gasteiger partial charge < -0.3 is 15.6 Å². The normalized spacial score (nSPS) is 11.9. The number of aromatic nitrogens is 3. The largest absolute Gasteiger partial charge is 0.366 e. The van der Waals surface area contributed by atoms with Crippen molar-refractivity contribution in [2.75, 3.05) is 0 Å². The van der Waals surface area contributed by atoms with Crippen LogP contribution in [0.5, 0.6) is 0 Å². The minimum atomic E-state index is -0.955. The topological polar surface area (TPSA) is 103 Å². The maximum Gasteiger partial charge on any atom is 0.251 e. The number of carbonyl (C=O) groups is 2. The fourth-order valence-corrected chi connectivity index (χ4v) is 4.89. The van der Waals surface area contributed by atoms with Gasteiger partial charge in [-0.3, -0.25) is 14.6 Å². The minimum Gasteiger partial charge on any atom is -0.366 e. The van der Waals surface area contributed by atoms with Crippen molar-refractivity contribution in [2.24, 2.45) is 5.73 Å². The van der Waals surface area contributed by atoms with Crippen LogP contribution in [0.4, 0.5) is 13.2 Å². The Labute approximate surface area is 241 Å². The molecule has 41 heavy (non-hydrogen) atoms. The van der Waals surface area contributed by atoms with Crippen molar-refractivity contribution in [3.63, 3.8) is 0 Å². The van der Waals surface area contributed by atoms with Gasteiger partial charge in [-0.1, -0.05) is 35.3 Å². The summed E-state index contributed by atoms with van der Waals surface area (Å²) in [6, 6.07) is 12.5. The third-order valence-corrected chi connectivity index (χ3v) is 7.11. The van der Waals surface area contributed by atoms with Crippen molar-refractivity contribution in [1.82, 2.24) is 19.9 Å². The van der Waals surface area contributed by atoms with Gasteiger partial charge in [-0.15, -0.1) is 0 Å². The number of hydrogen-bond donors (Lipinski definition) is 2. The maximum atomic E-state index is 14.2. The predicted molar refractivity (Wildman–Crippen MR) is 149 cm³/mol. The molecule has 5 aromatic rings. The lowest BCUT2D eigenvalue weighted by molar-refractivity contribution is -0.122. The second-order valence-corrected chi connectivity index (χ2v) is 10.0. The highest BCUT2D eigenvalue weighted by atomic mass is 35.5. The van der Waals surface area contributed by atoms with Crippen molar-refractivity contribution in [3.8, 4) is 11.1 Å². The molecule has 7 nitrogen and oxygen atoms in total. The molecule has 3 aromatic carbocycles. The molecular weight excluding hydrogens is 578 g/mol. The summed E-state index contributed by atoms with van der Waals surface area (Å²) >= 11 is 12.2. The van der Waals surface area contributed by atoms with Gasteiger partial charge in [0.15, 0.2) is 0 Å². The molecule has 0 bridgehead atoms. The van der Waals surface area contributed by atoms with E-state index in [1.54, 1.807) is 28.8 Å². The number of pyridine rings is 1. The number of nitrogens with one attached hydrogen (secondary N) is 1. The molecule has 0 aliphatic heterocycles. The van der Waals surface area contributed by atoms with E-state index in [0.717, 1.165) is 24.3 Å². The Hall–Kier alpha value is -4.41. The van der Waals surface area contributed by atoms with Crippen molar-refractivity contribution >= 4 is 46.0 Å². The number of carbonyl (C=O) groups excluding carboxylic acids is 2. The van der Waals surface area contributed by atoms with Crippen LogP contribution in [-0.2, 0) is 17.8 Å². The lowest BCUT2D eigenvalue weighted by Crippen LogP contribution is -2.33. The smallest absolute Gasteiger partial charge is 0.251 e. The minimum absolute atomic E-state index is 0.0413. The number of nitrogens with zero attached hydrogens (tertiary/aromatic N) is 3. The zero-order valence-corrected chi connectivity index (χ0v) is 22.6. The van der Waals surface area contributed by atoms with Gasteiger partial charge in [0, 0.05) is 17.8 Å². The number of halogens is 5. The van der Waals surface area contributed by atoms with Gasteiger partial charge in [-0.2, -0.15) is 0 Å². The van der Waals surface area contributed by atoms with E-state index >= 15 is 0 Å². The summed E-state index contributed by atoms with van der Waals surface area (Å²) in [5, 5.41) is 3.50. The fraction of sp³-hybridized carbons (Fsp3) is 0.103. The van der Waals surface area contributed by atoms with E-state index < -0.39 is 35.3 Å². The molecule has 0 fully saturated rings. The second-order valence-electron chi connectivity index (χ2n) is 9.22. The molecule has 0 saturated heterocycles. The average molecular weight is 598 g/mol. The molecule has 1 atom stereocenters. The Balaban J connectivity index is 1.53. The third kappa shape index (κ3) is 6.18. The molecule has 2 amide bonds. The van der Waals surface area contributed by atoms with Gasteiger partial charge in [0.25, 0.3) is 5.91 Å². The molecule has 3 N–H and O–H groups in total. The highest BCUT2D eigenvalue weighted by Crippen LogP contribution is 2.31. The standard InChI is InChI=1S/C29H20Cl2F3N5O2/c30-21-11-24-26(12-22(21)31)39(14-37-24)13-27(40)38-25(8-15-6-17(32)10-18(33)7-15)28-19(2-1-5-36-28)16-3-4-23(34)20(9-16)29(35)41/h1-7,9-12,14,25H,8,13H2,(H2,35,41)(H,38,40). The van der Waals surface area contributed by atoms with Crippen molar-refractivity contribution in [1.29, 1.82) is 0 Å². The quantitative estimate of drug-likeness (QED) is 0.228. The Kier molecular flexibility index (Phi) is 7.96. The molecular formula is C29H20Cl2F3N5O2. The lowest BCUT2D eigenvalue weighted by atomic mass is 9.94. The number of hydrogen-bond acceptors (Lipinski definition) is 4. The summed E-state index contributed by atoms with van der Waals surface area (Å²) in [5.74, 6) is -3.77. The van der Waals surface area contributed by atoms with Crippen LogP contribution in [0.2, 0.25) is 10.0 Å². The van der Waals surface area contributed by atoms with Gasteiger partial charge in [-0.25, -0.2) is 18.2 Å². The zero-order valence-electron chi connectivity index (χ0n) is 21.0. The van der Waals surface area contributed by atoms with E-state index in [0.29, 0.717) is 37.9 Å². The first-order chi connectivity index (χ1) is 19.6. The number of nitrogens with two attached hydrogens (primary N) is 1. The second kappa shape index (κ2) is 11.6. The number of amides is 2. The van der Waals surface area contributed by atoms with E-state index in [4.69, 9.17) is 28.9 Å². The molecule has 0 aliphatic carbocycles. The Morgan fingerprint density at radius 3 is 2.41 bits per heavy atom. The van der Waals surface area contributed by atoms with Crippen LogP contribution in [0.25, 0.3) is 22.2 Å². The first-order valence-electron chi connectivity index (χ1n) is 12.2. The Morgan fingerprint density at radius 2 is 1.68 bits per heavy atom. The molecule has 0 saturated carbocycles. The molecule has 2 heterocycles. The molecule has 1 unspecified atom stereocenters. The van der Waals surface area contributed by atoms with Crippen LogP contribution in [-0.4, -0.2) is 26.3 Å². The van der Waals surface area contributed by atoms with Gasteiger partial charge in [0.05, 0.1) is 44.7 Å². The summed E-state index contributed by atoms with van der Waals surface area (Å²) in [5.41, 5.74) is 7.55. The van der Waals surface area contributed by atoms with Crippen LogP contribution in [0.15, 0.2) is 73.2 Å². The van der Waals surface area contributed by atoms with Crippen LogP contribution in [0.1, 0.15) is 27.7 Å². The lowest BCUT2D eigenvalue weighted by Gasteiger charge is -2.22. The van der Waals surface area contributed by atoms with E-state index in [1.165, 1.54) is 24.7 Å². The summed E-state index contributed by atoms with van der Waals surface area (Å²) in [6.07, 6.45) is 2.90. The fourth-order valence-electron chi connectivity index (χ4n) is 4.58. The Morgan fingerprint density at radius 1 is 0.951 bits per heavy atom. The molecule has 0 spiro atoms. The summed E-state index contributed by atoms with van der Waals surface area (Å²) in [7, 11) is 0. The van der Waals surface area contributed by atoms with Crippen LogP contribution in [0, 0.1) is 17.5 Å². The van der Waals surface area contributed by atoms with Crippen LogP contribution in [0.3, 0.4) is 0 Å².